The van der Waals surface area contributed by atoms with Crippen LogP contribution in [0.15, 0.2) is 41.0 Å². The van der Waals surface area contributed by atoms with E-state index in [9.17, 15) is 10.1 Å². The normalized spacial score (nSPS) is 11.6. The van der Waals surface area contributed by atoms with Crippen molar-refractivity contribution in [2.24, 2.45) is 0 Å². The fourth-order valence-electron chi connectivity index (χ4n) is 1.98. The second kappa shape index (κ2) is 6.54. The third kappa shape index (κ3) is 3.38. The van der Waals surface area contributed by atoms with E-state index in [0.717, 1.165) is 0 Å². The molecule has 7 nitrogen and oxygen atoms in total. The van der Waals surface area contributed by atoms with Crippen molar-refractivity contribution in [2.75, 3.05) is 11.9 Å². The Morgan fingerprint density at radius 3 is 2.86 bits per heavy atom. The molecular formula is C14H13N3O4. The lowest BCUT2D eigenvalue weighted by molar-refractivity contribution is -0.385. The molecule has 1 heterocycles. The van der Waals surface area contributed by atoms with E-state index in [-0.39, 0.29) is 23.9 Å². The predicted molar refractivity (Wildman–Crippen MR) is 74.6 cm³/mol. The smallest absolute Gasteiger partial charge is 0.287 e. The van der Waals surface area contributed by atoms with Gasteiger partial charge in [0.25, 0.3) is 5.69 Å². The maximum atomic E-state index is 10.8. The quantitative estimate of drug-likeness (QED) is 0.623. The second-order valence-corrected chi connectivity index (χ2v) is 4.33. The van der Waals surface area contributed by atoms with Crippen LogP contribution in [-0.4, -0.2) is 16.6 Å². The number of aliphatic hydroxyl groups is 1. The summed E-state index contributed by atoms with van der Waals surface area (Å²) in [6, 6.07) is 9.23. The first kappa shape index (κ1) is 14.6. The van der Waals surface area contributed by atoms with Crippen LogP contribution in [0.3, 0.4) is 0 Å². The third-order valence-corrected chi connectivity index (χ3v) is 2.96. The Hall–Kier alpha value is -2.85. The van der Waals surface area contributed by atoms with E-state index in [4.69, 9.17) is 14.8 Å². The molecule has 7 heteroatoms. The highest BCUT2D eigenvalue weighted by atomic mass is 16.6. The fourth-order valence-corrected chi connectivity index (χ4v) is 1.98. The molecular weight excluding hydrogens is 274 g/mol. The number of nitriles is 1. The first-order chi connectivity index (χ1) is 10.2. The molecule has 2 N–H and O–H groups in total. The standard InChI is InChI=1S/C14H13N3O4/c15-9-10-8-11(3-4-13(10)17(19)20)16-12(5-6-18)14-2-1-7-21-14/h1-4,7-8,12,16,18H,5-6H2. The van der Waals surface area contributed by atoms with Crippen molar-refractivity contribution in [3.63, 3.8) is 0 Å². The fraction of sp³-hybridized carbons (Fsp3) is 0.214. The minimum Gasteiger partial charge on any atom is -0.467 e. The summed E-state index contributed by atoms with van der Waals surface area (Å²) < 4.78 is 5.29. The van der Waals surface area contributed by atoms with E-state index in [1.165, 1.54) is 24.5 Å². The highest BCUT2D eigenvalue weighted by Crippen LogP contribution is 2.26. The van der Waals surface area contributed by atoms with Crippen molar-refractivity contribution in [3.05, 3.63) is 58.0 Å². The number of hydrogen-bond acceptors (Lipinski definition) is 6. The number of hydrogen-bond donors (Lipinski definition) is 2. The van der Waals surface area contributed by atoms with Gasteiger partial charge < -0.3 is 14.8 Å². The van der Waals surface area contributed by atoms with Crippen LogP contribution in [0.4, 0.5) is 11.4 Å². The number of rotatable bonds is 6. The van der Waals surface area contributed by atoms with Gasteiger partial charge in [-0.1, -0.05) is 0 Å². The van der Waals surface area contributed by atoms with Crippen LogP contribution < -0.4 is 5.32 Å². The maximum absolute atomic E-state index is 10.8. The number of nitro benzene ring substituents is 1. The summed E-state index contributed by atoms with van der Waals surface area (Å²) >= 11 is 0. The number of furan rings is 1. The minimum atomic E-state index is -0.597. The lowest BCUT2D eigenvalue weighted by atomic mass is 10.1. The molecule has 0 aliphatic rings. The van der Waals surface area contributed by atoms with Crippen molar-refractivity contribution in [3.8, 4) is 6.07 Å². The Kier molecular flexibility index (Phi) is 4.53. The number of anilines is 1. The zero-order valence-electron chi connectivity index (χ0n) is 11.0. The lowest BCUT2D eigenvalue weighted by Crippen LogP contribution is -2.12. The van der Waals surface area contributed by atoms with Crippen molar-refractivity contribution in [1.82, 2.24) is 0 Å². The van der Waals surface area contributed by atoms with Crippen LogP contribution in [-0.2, 0) is 0 Å². The Bertz CT molecular complexity index is 661. The largest absolute Gasteiger partial charge is 0.467 e. The molecule has 0 saturated carbocycles. The number of nitro groups is 1. The molecule has 0 aliphatic carbocycles. The molecule has 0 fully saturated rings. The summed E-state index contributed by atoms with van der Waals surface area (Å²) in [6.07, 6.45) is 1.93. The minimum absolute atomic E-state index is 0.0211. The van der Waals surface area contributed by atoms with Crippen LogP contribution >= 0.6 is 0 Å². The van der Waals surface area contributed by atoms with Crippen LogP contribution in [0.5, 0.6) is 0 Å². The average Bonchev–Trinajstić information content (AvgIpc) is 3.00. The van der Waals surface area contributed by atoms with E-state index < -0.39 is 4.92 Å². The van der Waals surface area contributed by atoms with Crippen LogP contribution in [0, 0.1) is 21.4 Å². The summed E-state index contributed by atoms with van der Waals surface area (Å²) in [5.74, 6) is 0.640. The van der Waals surface area contributed by atoms with E-state index in [1.54, 1.807) is 18.2 Å². The van der Waals surface area contributed by atoms with Gasteiger partial charge in [0.05, 0.1) is 17.2 Å². The molecule has 0 radical (unpaired) electrons. The lowest BCUT2D eigenvalue weighted by Gasteiger charge is -2.17. The highest BCUT2D eigenvalue weighted by molar-refractivity contribution is 5.59. The second-order valence-electron chi connectivity index (χ2n) is 4.33. The van der Waals surface area contributed by atoms with Gasteiger partial charge in [-0.05, 0) is 30.7 Å². The van der Waals surface area contributed by atoms with Gasteiger partial charge in [0.2, 0.25) is 0 Å². The van der Waals surface area contributed by atoms with Crippen molar-refractivity contribution < 1.29 is 14.4 Å². The van der Waals surface area contributed by atoms with Gasteiger partial charge in [0, 0.05) is 18.4 Å². The van der Waals surface area contributed by atoms with E-state index >= 15 is 0 Å². The topological polar surface area (TPSA) is 112 Å². The van der Waals surface area contributed by atoms with Crippen LogP contribution in [0.25, 0.3) is 0 Å². The molecule has 0 spiro atoms. The first-order valence-electron chi connectivity index (χ1n) is 6.25. The first-order valence-corrected chi connectivity index (χ1v) is 6.25. The summed E-state index contributed by atoms with van der Waals surface area (Å²) in [5, 5.41) is 32.0. The van der Waals surface area contributed by atoms with Crippen molar-refractivity contribution in [1.29, 1.82) is 5.26 Å². The summed E-state index contributed by atoms with van der Waals surface area (Å²) in [5.41, 5.74) is 0.291. The molecule has 1 aromatic carbocycles. The molecule has 1 unspecified atom stereocenters. The van der Waals surface area contributed by atoms with E-state index in [2.05, 4.69) is 5.32 Å². The Labute approximate surface area is 120 Å². The predicted octanol–water partition coefficient (Wildman–Crippen LogP) is 2.60. The number of nitrogens with one attached hydrogen (secondary N) is 1. The van der Waals surface area contributed by atoms with Gasteiger partial charge in [-0.15, -0.1) is 0 Å². The van der Waals surface area contributed by atoms with Gasteiger partial charge >= 0.3 is 0 Å². The van der Waals surface area contributed by atoms with Gasteiger partial charge in [-0.2, -0.15) is 5.26 Å². The molecule has 0 bridgehead atoms. The number of nitrogens with zero attached hydrogens (tertiary/aromatic N) is 2. The molecule has 0 amide bonds. The zero-order chi connectivity index (χ0) is 15.2. The monoisotopic (exact) mass is 287 g/mol. The van der Waals surface area contributed by atoms with E-state index in [1.807, 2.05) is 0 Å². The van der Waals surface area contributed by atoms with Crippen molar-refractivity contribution in [2.45, 2.75) is 12.5 Å². The zero-order valence-corrected chi connectivity index (χ0v) is 11.0. The number of aliphatic hydroxyl groups excluding tert-OH is 1. The maximum Gasteiger partial charge on any atom is 0.287 e. The van der Waals surface area contributed by atoms with E-state index in [0.29, 0.717) is 17.9 Å². The summed E-state index contributed by atoms with van der Waals surface area (Å²) in [7, 11) is 0. The SMILES string of the molecule is N#Cc1cc(NC(CCO)c2ccco2)ccc1[N+](=O)[O-]. The highest BCUT2D eigenvalue weighted by Gasteiger charge is 2.17. The van der Waals surface area contributed by atoms with Gasteiger partial charge in [-0.25, -0.2) is 0 Å². The van der Waals surface area contributed by atoms with Gasteiger partial charge in [0.1, 0.15) is 17.4 Å². The molecule has 2 rings (SSSR count). The molecule has 21 heavy (non-hydrogen) atoms. The van der Waals surface area contributed by atoms with Gasteiger partial charge in [-0.3, -0.25) is 10.1 Å². The number of benzene rings is 1. The Morgan fingerprint density at radius 2 is 2.29 bits per heavy atom. The van der Waals surface area contributed by atoms with Crippen molar-refractivity contribution >= 4 is 11.4 Å². The molecule has 2 aromatic rings. The summed E-state index contributed by atoms with van der Waals surface area (Å²) in [6.45, 7) is -0.0452. The van der Waals surface area contributed by atoms with Crippen LogP contribution in [0.2, 0.25) is 0 Å². The molecule has 0 saturated heterocycles. The van der Waals surface area contributed by atoms with Crippen LogP contribution in [0.1, 0.15) is 23.8 Å². The molecule has 1 aromatic heterocycles. The molecule has 108 valence electrons. The Balaban J connectivity index is 2.25. The molecule has 1 atom stereocenters. The van der Waals surface area contributed by atoms with Gasteiger partial charge in [0.15, 0.2) is 0 Å². The third-order valence-electron chi connectivity index (χ3n) is 2.96. The Morgan fingerprint density at radius 1 is 1.48 bits per heavy atom. The molecule has 0 aliphatic heterocycles. The average molecular weight is 287 g/mol. The summed E-state index contributed by atoms with van der Waals surface area (Å²) in [4.78, 5) is 10.2.